The zero-order valence-corrected chi connectivity index (χ0v) is 25.8. The minimum absolute atomic E-state index is 0.0237. The summed E-state index contributed by atoms with van der Waals surface area (Å²) in [7, 11) is 0. The van der Waals surface area contributed by atoms with Crippen molar-refractivity contribution >= 4 is 52.9 Å². The molecule has 5 rings (SSSR count). The van der Waals surface area contributed by atoms with Gasteiger partial charge in [0.05, 0.1) is 11.6 Å². The molecule has 3 aliphatic rings. The number of piperazine rings is 1. The van der Waals surface area contributed by atoms with Gasteiger partial charge in [-0.05, 0) is 68.5 Å². The van der Waals surface area contributed by atoms with Gasteiger partial charge in [0.1, 0.15) is 24.0 Å². The molecule has 1 N–H and O–H groups in total. The highest BCUT2D eigenvalue weighted by Gasteiger charge is 2.52. The second kappa shape index (κ2) is 12.7. The maximum absolute atomic E-state index is 14.1. The second-order valence-electron chi connectivity index (χ2n) is 11.2. The fourth-order valence-corrected chi connectivity index (χ4v) is 6.94. The summed E-state index contributed by atoms with van der Waals surface area (Å²) in [5, 5.41) is 3.47. The van der Waals surface area contributed by atoms with Crippen LogP contribution in [0.5, 0.6) is 5.75 Å². The van der Waals surface area contributed by atoms with Crippen LogP contribution in [-0.4, -0.2) is 75.6 Å². The van der Waals surface area contributed by atoms with Crippen LogP contribution in [0.15, 0.2) is 47.4 Å². The monoisotopic (exact) mass is 658 g/mol. The number of carbonyl (C=O) groups is 3. The third-order valence-electron chi connectivity index (χ3n) is 7.94. The van der Waals surface area contributed by atoms with Crippen molar-refractivity contribution < 1.29 is 32.3 Å². The van der Waals surface area contributed by atoms with Crippen molar-refractivity contribution in [1.29, 1.82) is 0 Å². The highest BCUT2D eigenvalue weighted by atomic mass is 35.5. The lowest BCUT2D eigenvalue weighted by Gasteiger charge is -2.54. The van der Waals surface area contributed by atoms with Crippen molar-refractivity contribution in [2.75, 3.05) is 13.1 Å². The second-order valence-corrected chi connectivity index (χ2v) is 13.1. The largest absolute Gasteiger partial charge is 0.573 e. The molecule has 43 heavy (non-hydrogen) atoms. The maximum Gasteiger partial charge on any atom is 0.573 e. The van der Waals surface area contributed by atoms with E-state index in [1.807, 2.05) is 18.2 Å². The van der Waals surface area contributed by atoms with Crippen molar-refractivity contribution in [3.8, 4) is 5.75 Å². The average Bonchev–Trinajstić information content (AvgIpc) is 2.88. The molecule has 2 heterocycles. The number of amides is 3. The Kier molecular flexibility index (Phi) is 9.41. The van der Waals surface area contributed by atoms with Gasteiger partial charge < -0.3 is 19.9 Å². The summed E-state index contributed by atoms with van der Waals surface area (Å²) in [6, 6.07) is 8.75. The predicted molar refractivity (Wildman–Crippen MR) is 156 cm³/mol. The van der Waals surface area contributed by atoms with Gasteiger partial charge in [-0.1, -0.05) is 41.8 Å². The van der Waals surface area contributed by atoms with Gasteiger partial charge in [-0.15, -0.1) is 13.2 Å². The molecule has 1 saturated carbocycles. The Balaban J connectivity index is 1.49. The Bertz CT molecular complexity index is 1380. The molecule has 2 aromatic rings. The number of nitrogens with one attached hydrogen (secondary N) is 1. The van der Waals surface area contributed by atoms with E-state index in [0.717, 1.165) is 42.8 Å². The Morgan fingerprint density at radius 3 is 2.35 bits per heavy atom. The van der Waals surface area contributed by atoms with Crippen LogP contribution < -0.4 is 10.1 Å². The summed E-state index contributed by atoms with van der Waals surface area (Å²) < 4.78 is 44.1. The van der Waals surface area contributed by atoms with E-state index in [2.05, 4.69) is 10.1 Å². The van der Waals surface area contributed by atoms with Crippen molar-refractivity contribution in [3.63, 3.8) is 0 Å². The summed E-state index contributed by atoms with van der Waals surface area (Å²) in [5.74, 6) is -1.39. The van der Waals surface area contributed by atoms with E-state index in [1.165, 1.54) is 12.1 Å². The van der Waals surface area contributed by atoms with Crippen LogP contribution in [0.25, 0.3) is 0 Å². The molecular weight excluding hydrogens is 628 g/mol. The van der Waals surface area contributed by atoms with Crippen LogP contribution in [0.2, 0.25) is 10.0 Å². The molecule has 232 valence electrons. The number of hydrogen-bond donors (Lipinski definition) is 1. The quantitative estimate of drug-likeness (QED) is 0.377. The van der Waals surface area contributed by atoms with Crippen LogP contribution in [0.3, 0.4) is 0 Å². The normalized spacial score (nSPS) is 23.3. The number of fused-ring (bicyclic) bond motifs is 1. The zero-order chi connectivity index (χ0) is 31.1. The molecule has 2 aliphatic heterocycles. The maximum atomic E-state index is 14.1. The summed E-state index contributed by atoms with van der Waals surface area (Å²) >= 11 is 13.6. The molecule has 2 saturated heterocycles. The molecule has 1 aliphatic carbocycles. The number of alkyl halides is 3. The third kappa shape index (κ3) is 7.19. The molecule has 3 unspecified atom stereocenters. The number of benzene rings is 2. The highest BCUT2D eigenvalue weighted by Crippen LogP contribution is 2.39. The van der Waals surface area contributed by atoms with Crippen molar-refractivity contribution in [1.82, 2.24) is 19.4 Å². The van der Waals surface area contributed by atoms with Gasteiger partial charge in [-0.3, -0.25) is 14.4 Å². The van der Waals surface area contributed by atoms with Crippen molar-refractivity contribution in [2.45, 2.75) is 75.1 Å². The van der Waals surface area contributed by atoms with Gasteiger partial charge >= 0.3 is 6.36 Å². The number of carbonyl (C=O) groups excluding carboxylic acids is 3. The fourth-order valence-electron chi connectivity index (χ4n) is 5.50. The Labute approximate surface area is 261 Å². The molecule has 3 fully saturated rings. The van der Waals surface area contributed by atoms with Crippen LogP contribution in [0.4, 0.5) is 13.2 Å². The number of hydrogen-bond acceptors (Lipinski definition) is 6. The molecule has 2 aromatic carbocycles. The van der Waals surface area contributed by atoms with Gasteiger partial charge in [0.15, 0.2) is 0 Å². The highest BCUT2D eigenvalue weighted by molar-refractivity contribution is 7.97. The summed E-state index contributed by atoms with van der Waals surface area (Å²) in [6.45, 7) is 4.09. The molecular formula is C29H31Cl2F3N4O4S. The molecule has 0 radical (unpaired) electrons. The molecule has 0 spiro atoms. The van der Waals surface area contributed by atoms with Gasteiger partial charge in [0, 0.05) is 40.9 Å². The lowest BCUT2D eigenvalue weighted by molar-refractivity contribution is -0.274. The molecule has 3 atom stereocenters. The minimum Gasteiger partial charge on any atom is -0.406 e. The van der Waals surface area contributed by atoms with E-state index < -0.39 is 30.4 Å². The van der Waals surface area contributed by atoms with Crippen LogP contribution in [0, 0.1) is 5.92 Å². The van der Waals surface area contributed by atoms with Gasteiger partial charge in [-0.25, -0.2) is 4.31 Å². The van der Waals surface area contributed by atoms with Crippen LogP contribution in [-0.2, 0) is 20.8 Å². The predicted octanol–water partition coefficient (Wildman–Crippen LogP) is 5.52. The average molecular weight is 660 g/mol. The first-order valence-corrected chi connectivity index (χ1v) is 15.5. The number of rotatable bonds is 8. The van der Waals surface area contributed by atoms with E-state index in [9.17, 15) is 27.6 Å². The van der Waals surface area contributed by atoms with Gasteiger partial charge in [0.2, 0.25) is 17.7 Å². The van der Waals surface area contributed by atoms with E-state index >= 15 is 0 Å². The first-order chi connectivity index (χ1) is 20.3. The lowest BCUT2D eigenvalue weighted by atomic mass is 9.84. The summed E-state index contributed by atoms with van der Waals surface area (Å²) in [6.07, 6.45) is -2.80. The number of ether oxygens (including phenoxy) is 1. The van der Waals surface area contributed by atoms with E-state index in [0.29, 0.717) is 9.92 Å². The Hall–Kier alpha value is -2.67. The smallest absolute Gasteiger partial charge is 0.406 e. The third-order valence-corrected chi connectivity index (χ3v) is 9.80. The number of halogens is 5. The van der Waals surface area contributed by atoms with E-state index in [1.54, 1.807) is 34.1 Å². The van der Waals surface area contributed by atoms with Crippen LogP contribution in [0.1, 0.15) is 38.7 Å². The first kappa shape index (κ1) is 31.7. The zero-order valence-electron chi connectivity index (χ0n) is 23.4. The van der Waals surface area contributed by atoms with Crippen LogP contribution >= 0.6 is 35.1 Å². The molecule has 0 bridgehead atoms. The topological polar surface area (TPSA) is 82.2 Å². The number of nitrogens with zero attached hydrogens (tertiary/aromatic N) is 3. The fraction of sp³-hybridized carbons (Fsp3) is 0.483. The standard InChI is InChI=1S/C29H31Cl2F3N4O4S/c1-16(2)36-15-25-37(43-24-11-10-20(13-21(24)31)42-29(32,33)34)14-22(35-26(39)18-4-3-5-18)27(40)38(25)23(28(36)41)12-17-6-8-19(30)9-7-17/h6-11,13,16,18,22-23,25H,3-5,12,14-15H2,1-2H3,(H,35,39). The molecule has 14 heteroatoms. The van der Waals surface area contributed by atoms with Gasteiger partial charge in [-0.2, -0.15) is 0 Å². The lowest BCUT2D eigenvalue weighted by Crippen LogP contribution is -2.75. The van der Waals surface area contributed by atoms with E-state index in [4.69, 9.17) is 23.2 Å². The first-order valence-electron chi connectivity index (χ1n) is 14.0. The van der Waals surface area contributed by atoms with Crippen molar-refractivity contribution in [2.24, 2.45) is 5.92 Å². The molecule has 0 aromatic heterocycles. The Morgan fingerprint density at radius 2 is 1.77 bits per heavy atom. The summed E-state index contributed by atoms with van der Waals surface area (Å²) in [4.78, 5) is 44.6. The Morgan fingerprint density at radius 1 is 1.07 bits per heavy atom. The summed E-state index contributed by atoms with van der Waals surface area (Å²) in [5.41, 5.74) is 0.808. The van der Waals surface area contributed by atoms with Crippen molar-refractivity contribution in [3.05, 3.63) is 58.1 Å². The SMILES string of the molecule is CC(C)N1CC2N(Sc3ccc(OC(F)(F)F)cc3Cl)CC(NC(=O)C3CCC3)C(=O)N2C(Cc2ccc(Cl)cc2)C1=O. The van der Waals surface area contributed by atoms with Gasteiger partial charge in [0.25, 0.3) is 0 Å². The molecule has 3 amide bonds. The molecule has 8 nitrogen and oxygen atoms in total. The van der Waals surface area contributed by atoms with E-state index in [-0.39, 0.29) is 54.2 Å². The minimum atomic E-state index is -4.87.